The van der Waals surface area contributed by atoms with E-state index in [9.17, 15) is 9.59 Å². The van der Waals surface area contributed by atoms with Crippen molar-refractivity contribution < 1.29 is 19.4 Å². The Morgan fingerprint density at radius 2 is 2.00 bits per heavy atom. The van der Waals surface area contributed by atoms with Gasteiger partial charge < -0.3 is 14.7 Å². The molecule has 0 aliphatic carbocycles. The number of rotatable bonds is 7. The summed E-state index contributed by atoms with van der Waals surface area (Å²) in [5, 5.41) is 9.51. The molecule has 0 saturated heterocycles. The molecule has 1 N–H and O–H groups in total. The van der Waals surface area contributed by atoms with Gasteiger partial charge >= 0.3 is 5.97 Å². The molecular formula is C15H20ClNO4. The van der Waals surface area contributed by atoms with E-state index in [0.29, 0.717) is 23.9 Å². The van der Waals surface area contributed by atoms with E-state index in [1.807, 2.05) is 0 Å². The summed E-state index contributed by atoms with van der Waals surface area (Å²) in [6.07, 6.45) is 0. The van der Waals surface area contributed by atoms with Crippen molar-refractivity contribution in [1.29, 1.82) is 0 Å². The van der Waals surface area contributed by atoms with Crippen molar-refractivity contribution in [2.75, 3.05) is 20.2 Å². The van der Waals surface area contributed by atoms with Crippen LogP contribution in [0.1, 0.15) is 13.8 Å². The average molecular weight is 314 g/mol. The minimum atomic E-state index is -0.973. The van der Waals surface area contributed by atoms with Gasteiger partial charge in [0.1, 0.15) is 12.4 Å². The van der Waals surface area contributed by atoms with E-state index in [2.05, 4.69) is 0 Å². The molecule has 6 heteroatoms. The predicted octanol–water partition coefficient (Wildman–Crippen LogP) is 2.53. The quantitative estimate of drug-likeness (QED) is 0.840. The van der Waals surface area contributed by atoms with E-state index in [-0.39, 0.29) is 5.91 Å². The zero-order valence-electron chi connectivity index (χ0n) is 12.4. The molecule has 0 radical (unpaired) electrons. The highest BCUT2D eigenvalue weighted by Crippen LogP contribution is 2.17. The molecule has 116 valence electrons. The maximum absolute atomic E-state index is 12.1. The third-order valence-corrected chi connectivity index (χ3v) is 3.63. The first-order valence-electron chi connectivity index (χ1n) is 6.69. The molecule has 1 aromatic carbocycles. The lowest BCUT2D eigenvalue weighted by Gasteiger charge is -2.23. The summed E-state index contributed by atoms with van der Waals surface area (Å²) >= 11 is 5.84. The number of carboxylic acids is 1. The van der Waals surface area contributed by atoms with Crippen LogP contribution in [0, 0.1) is 11.8 Å². The molecule has 0 saturated carbocycles. The van der Waals surface area contributed by atoms with Crippen molar-refractivity contribution in [1.82, 2.24) is 4.90 Å². The molecule has 21 heavy (non-hydrogen) atoms. The van der Waals surface area contributed by atoms with E-state index >= 15 is 0 Å². The number of amides is 1. The first-order chi connectivity index (χ1) is 9.82. The van der Waals surface area contributed by atoms with Crippen molar-refractivity contribution in [3.8, 4) is 5.75 Å². The molecule has 2 unspecified atom stereocenters. The van der Waals surface area contributed by atoms with E-state index in [1.54, 1.807) is 38.2 Å². The van der Waals surface area contributed by atoms with E-state index in [4.69, 9.17) is 21.4 Å². The number of carbonyl (C=O) groups excluding carboxylic acids is 1. The average Bonchev–Trinajstić information content (AvgIpc) is 2.44. The fourth-order valence-electron chi connectivity index (χ4n) is 1.74. The zero-order chi connectivity index (χ0) is 16.0. The van der Waals surface area contributed by atoms with Crippen LogP contribution in [-0.2, 0) is 9.59 Å². The Kier molecular flexibility index (Phi) is 6.49. The Morgan fingerprint density at radius 1 is 1.33 bits per heavy atom. The SMILES string of the molecule is CC(C(=O)O)C(C)C(=O)N(C)CCOc1cccc(Cl)c1. The molecule has 0 spiro atoms. The van der Waals surface area contributed by atoms with Gasteiger partial charge in [0.05, 0.1) is 12.5 Å². The number of aliphatic carboxylic acids is 1. The number of benzene rings is 1. The normalized spacial score (nSPS) is 13.3. The predicted molar refractivity (Wildman–Crippen MR) is 80.5 cm³/mol. The first-order valence-corrected chi connectivity index (χ1v) is 7.07. The molecule has 0 heterocycles. The van der Waals surface area contributed by atoms with Crippen LogP contribution < -0.4 is 4.74 Å². The van der Waals surface area contributed by atoms with Gasteiger partial charge in [-0.3, -0.25) is 9.59 Å². The number of nitrogens with zero attached hydrogens (tertiary/aromatic N) is 1. The minimum absolute atomic E-state index is 0.209. The van der Waals surface area contributed by atoms with Crippen molar-refractivity contribution in [3.63, 3.8) is 0 Å². The summed E-state index contributed by atoms with van der Waals surface area (Å²) in [6.45, 7) is 3.84. The Balaban J connectivity index is 2.44. The molecule has 1 aromatic rings. The number of carbonyl (C=O) groups is 2. The lowest BCUT2D eigenvalue weighted by atomic mass is 9.95. The molecule has 0 bridgehead atoms. The standard InChI is InChI=1S/C15H20ClNO4/c1-10(11(2)15(19)20)14(18)17(3)7-8-21-13-6-4-5-12(16)9-13/h4-6,9-11H,7-8H2,1-3H3,(H,19,20). The number of ether oxygens (including phenoxy) is 1. The largest absolute Gasteiger partial charge is 0.492 e. The van der Waals surface area contributed by atoms with Gasteiger partial charge in [-0.1, -0.05) is 31.5 Å². The van der Waals surface area contributed by atoms with E-state index in [0.717, 1.165) is 0 Å². The third kappa shape index (κ3) is 5.27. The van der Waals surface area contributed by atoms with Crippen LogP contribution >= 0.6 is 11.6 Å². The molecule has 1 rings (SSSR count). The Bertz CT molecular complexity index is 506. The molecule has 5 nitrogen and oxygen atoms in total. The third-order valence-electron chi connectivity index (χ3n) is 3.40. The number of likely N-dealkylation sites (N-methyl/N-ethyl adjacent to an activating group) is 1. The van der Waals surface area contributed by atoms with Crippen molar-refractivity contribution >= 4 is 23.5 Å². The topological polar surface area (TPSA) is 66.8 Å². The number of halogens is 1. The molecular weight excluding hydrogens is 294 g/mol. The maximum Gasteiger partial charge on any atom is 0.307 e. The van der Waals surface area contributed by atoms with Crippen LogP contribution in [0.2, 0.25) is 5.02 Å². The monoisotopic (exact) mass is 313 g/mol. The van der Waals surface area contributed by atoms with Gasteiger partial charge in [-0.05, 0) is 18.2 Å². The summed E-state index contributed by atoms with van der Waals surface area (Å²) in [4.78, 5) is 24.4. The second-order valence-electron chi connectivity index (χ2n) is 4.98. The number of carboxylic acid groups (broad SMARTS) is 1. The van der Waals surface area contributed by atoms with E-state index < -0.39 is 17.8 Å². The van der Waals surface area contributed by atoms with Gasteiger partial charge in [0, 0.05) is 18.0 Å². The number of hydrogen-bond acceptors (Lipinski definition) is 3. The van der Waals surface area contributed by atoms with E-state index in [1.165, 1.54) is 11.8 Å². The summed E-state index contributed by atoms with van der Waals surface area (Å²) < 4.78 is 5.50. The summed E-state index contributed by atoms with van der Waals surface area (Å²) in [5.41, 5.74) is 0. The second-order valence-corrected chi connectivity index (χ2v) is 5.42. The Morgan fingerprint density at radius 3 is 2.57 bits per heavy atom. The highest BCUT2D eigenvalue weighted by molar-refractivity contribution is 6.30. The summed E-state index contributed by atoms with van der Waals surface area (Å²) in [6, 6.07) is 7.00. The van der Waals surface area contributed by atoms with Crippen LogP contribution in [0.4, 0.5) is 0 Å². The molecule has 0 fully saturated rings. The van der Waals surface area contributed by atoms with Crippen LogP contribution in [0.3, 0.4) is 0 Å². The molecule has 2 atom stereocenters. The van der Waals surface area contributed by atoms with Gasteiger partial charge in [-0.25, -0.2) is 0 Å². The molecule has 1 amide bonds. The zero-order valence-corrected chi connectivity index (χ0v) is 13.1. The minimum Gasteiger partial charge on any atom is -0.492 e. The van der Waals surface area contributed by atoms with Gasteiger partial charge in [-0.2, -0.15) is 0 Å². The van der Waals surface area contributed by atoms with Crippen LogP contribution in [-0.4, -0.2) is 42.1 Å². The van der Waals surface area contributed by atoms with Gasteiger partial charge in [-0.15, -0.1) is 0 Å². The smallest absolute Gasteiger partial charge is 0.307 e. The summed E-state index contributed by atoms with van der Waals surface area (Å²) in [7, 11) is 1.63. The highest BCUT2D eigenvalue weighted by atomic mass is 35.5. The van der Waals surface area contributed by atoms with Crippen LogP contribution in [0.15, 0.2) is 24.3 Å². The lowest BCUT2D eigenvalue weighted by Crippen LogP contribution is -2.38. The van der Waals surface area contributed by atoms with Crippen molar-refractivity contribution in [2.45, 2.75) is 13.8 Å². The second kappa shape index (κ2) is 7.88. The molecule has 0 aliphatic rings. The number of hydrogen-bond donors (Lipinski definition) is 1. The van der Waals surface area contributed by atoms with Crippen LogP contribution in [0.5, 0.6) is 5.75 Å². The fraction of sp³-hybridized carbons (Fsp3) is 0.467. The fourth-order valence-corrected chi connectivity index (χ4v) is 1.92. The van der Waals surface area contributed by atoms with Crippen molar-refractivity contribution in [3.05, 3.63) is 29.3 Å². The molecule has 0 aliphatic heterocycles. The maximum atomic E-state index is 12.1. The summed E-state index contributed by atoms with van der Waals surface area (Å²) in [5.74, 6) is -1.83. The molecule has 0 aromatic heterocycles. The van der Waals surface area contributed by atoms with Crippen LogP contribution in [0.25, 0.3) is 0 Å². The Labute approximate surface area is 129 Å². The lowest BCUT2D eigenvalue weighted by molar-refractivity contribution is -0.148. The first kappa shape index (κ1) is 17.3. The van der Waals surface area contributed by atoms with Gasteiger partial charge in [0.2, 0.25) is 5.91 Å². The Hall–Kier alpha value is -1.75. The van der Waals surface area contributed by atoms with Crippen molar-refractivity contribution in [2.24, 2.45) is 11.8 Å². The van der Waals surface area contributed by atoms with Gasteiger partial charge in [0.25, 0.3) is 0 Å². The van der Waals surface area contributed by atoms with Gasteiger partial charge in [0.15, 0.2) is 0 Å². The highest BCUT2D eigenvalue weighted by Gasteiger charge is 2.27.